The summed E-state index contributed by atoms with van der Waals surface area (Å²) in [7, 11) is 0. The van der Waals surface area contributed by atoms with E-state index in [1.807, 2.05) is 0 Å². The summed E-state index contributed by atoms with van der Waals surface area (Å²) in [6.45, 7) is 1.49. The van der Waals surface area contributed by atoms with E-state index in [9.17, 15) is 9.59 Å². The van der Waals surface area contributed by atoms with E-state index >= 15 is 0 Å². The zero-order valence-corrected chi connectivity index (χ0v) is 8.43. The van der Waals surface area contributed by atoms with Crippen LogP contribution >= 0.6 is 0 Å². The van der Waals surface area contributed by atoms with Gasteiger partial charge in [0.1, 0.15) is 0 Å². The highest BCUT2D eigenvalue weighted by Gasteiger charge is 2.42. The van der Waals surface area contributed by atoms with Crippen molar-refractivity contribution in [2.75, 3.05) is 6.54 Å². The van der Waals surface area contributed by atoms with Crippen LogP contribution in [-0.4, -0.2) is 39.8 Å². The van der Waals surface area contributed by atoms with Gasteiger partial charge < -0.3 is 10.2 Å². The first-order valence-electron chi connectivity index (χ1n) is 4.60. The summed E-state index contributed by atoms with van der Waals surface area (Å²) in [6, 6.07) is -0.505. The lowest BCUT2D eigenvalue weighted by molar-refractivity contribution is -0.151. The summed E-state index contributed by atoms with van der Waals surface area (Å²) in [4.78, 5) is 22.9. The van der Waals surface area contributed by atoms with E-state index in [1.165, 1.54) is 6.92 Å². The van der Waals surface area contributed by atoms with Gasteiger partial charge in [0.05, 0.1) is 11.5 Å². The highest BCUT2D eigenvalue weighted by Crippen LogP contribution is 2.32. The van der Waals surface area contributed by atoms with Gasteiger partial charge in [-0.3, -0.25) is 9.69 Å². The van der Waals surface area contributed by atoms with Crippen LogP contribution in [0, 0.1) is 17.8 Å². The van der Waals surface area contributed by atoms with Crippen LogP contribution in [0.4, 0.5) is 4.79 Å². The Bertz CT molecular complexity index is 333. The van der Waals surface area contributed by atoms with Crippen molar-refractivity contribution in [3.05, 3.63) is 0 Å². The molecular formula is C10H13NO4. The molecule has 1 fully saturated rings. The molecule has 0 aromatic carbocycles. The number of terminal acetylenes is 1. The van der Waals surface area contributed by atoms with Crippen molar-refractivity contribution in [2.45, 2.75) is 25.8 Å². The van der Waals surface area contributed by atoms with Gasteiger partial charge in [-0.05, 0) is 19.8 Å². The predicted octanol–water partition coefficient (Wildman–Crippen LogP) is 0.853. The Labute approximate surface area is 87.7 Å². The van der Waals surface area contributed by atoms with Crippen molar-refractivity contribution in [1.82, 2.24) is 4.90 Å². The number of carboxylic acids is 1. The highest BCUT2D eigenvalue weighted by molar-refractivity contribution is 5.76. The van der Waals surface area contributed by atoms with Gasteiger partial charge in [-0.15, -0.1) is 6.42 Å². The quantitative estimate of drug-likeness (QED) is 0.630. The molecule has 1 rings (SSSR count). The third kappa shape index (κ3) is 2.04. The second-order valence-electron chi connectivity index (χ2n) is 4.00. The van der Waals surface area contributed by atoms with Gasteiger partial charge in [0.25, 0.3) is 0 Å². The molecule has 0 aromatic rings. The summed E-state index contributed by atoms with van der Waals surface area (Å²) in [5, 5.41) is 17.9. The summed E-state index contributed by atoms with van der Waals surface area (Å²) in [5.74, 6) is 1.38. The van der Waals surface area contributed by atoms with Crippen LogP contribution in [-0.2, 0) is 4.79 Å². The molecular weight excluding hydrogens is 198 g/mol. The number of carboxylic acid groups (broad SMARTS) is 2. The van der Waals surface area contributed by atoms with Gasteiger partial charge in [0.15, 0.2) is 0 Å². The van der Waals surface area contributed by atoms with Crippen LogP contribution in [0.25, 0.3) is 0 Å². The zero-order valence-electron chi connectivity index (χ0n) is 8.43. The minimum absolute atomic E-state index is 0.0491. The van der Waals surface area contributed by atoms with Gasteiger partial charge in [-0.2, -0.15) is 0 Å². The number of nitrogens with zero attached hydrogens (tertiary/aromatic N) is 1. The van der Waals surface area contributed by atoms with Crippen LogP contribution in [0.2, 0.25) is 0 Å². The molecule has 2 unspecified atom stereocenters. The van der Waals surface area contributed by atoms with E-state index in [0.717, 1.165) is 4.90 Å². The third-order valence-electron chi connectivity index (χ3n) is 2.82. The van der Waals surface area contributed by atoms with Crippen LogP contribution in [0.3, 0.4) is 0 Å². The normalized spacial score (nSPS) is 30.7. The molecule has 0 aliphatic carbocycles. The number of aliphatic carboxylic acids is 1. The molecule has 2 N–H and O–H groups in total. The number of hydrogen-bond donors (Lipinski definition) is 2. The molecule has 0 bridgehead atoms. The molecule has 5 heteroatoms. The lowest BCUT2D eigenvalue weighted by atomic mass is 9.80. The Morgan fingerprint density at radius 3 is 2.53 bits per heavy atom. The van der Waals surface area contributed by atoms with E-state index in [4.69, 9.17) is 16.6 Å². The molecule has 1 saturated heterocycles. The van der Waals surface area contributed by atoms with E-state index < -0.39 is 23.5 Å². The van der Waals surface area contributed by atoms with Gasteiger partial charge in [0.2, 0.25) is 0 Å². The maximum Gasteiger partial charge on any atom is 0.408 e. The lowest BCUT2D eigenvalue weighted by Gasteiger charge is -2.39. The Kier molecular flexibility index (Phi) is 2.89. The first-order valence-corrected chi connectivity index (χ1v) is 4.60. The number of rotatable bonds is 1. The number of piperidine rings is 1. The summed E-state index contributed by atoms with van der Waals surface area (Å²) in [5.41, 5.74) is -1.02. The Morgan fingerprint density at radius 2 is 2.13 bits per heavy atom. The highest BCUT2D eigenvalue weighted by atomic mass is 16.4. The average molecular weight is 211 g/mol. The monoisotopic (exact) mass is 211 g/mol. The molecule has 0 spiro atoms. The second-order valence-corrected chi connectivity index (χ2v) is 4.00. The molecule has 0 saturated carbocycles. The average Bonchev–Trinajstić information content (AvgIpc) is 2.17. The van der Waals surface area contributed by atoms with E-state index in [1.54, 1.807) is 0 Å². The topological polar surface area (TPSA) is 77.8 Å². The molecule has 5 nitrogen and oxygen atoms in total. The van der Waals surface area contributed by atoms with Gasteiger partial charge in [-0.25, -0.2) is 4.79 Å². The molecule has 1 amide bonds. The van der Waals surface area contributed by atoms with Crippen molar-refractivity contribution in [3.63, 3.8) is 0 Å². The standard InChI is InChI=1S/C10H13NO4/c1-3-7-4-5-10(2,8(12)13)6-11(7)9(14)15/h1,7H,4-6H2,2H3,(H,12,13)(H,14,15). The van der Waals surface area contributed by atoms with Gasteiger partial charge in [-0.1, -0.05) is 5.92 Å². The van der Waals surface area contributed by atoms with E-state index in [-0.39, 0.29) is 6.54 Å². The molecule has 15 heavy (non-hydrogen) atoms. The maximum atomic E-state index is 11.0. The number of amides is 1. The fraction of sp³-hybridized carbons (Fsp3) is 0.600. The van der Waals surface area contributed by atoms with Crippen molar-refractivity contribution in [3.8, 4) is 12.3 Å². The minimum atomic E-state index is -1.16. The van der Waals surface area contributed by atoms with E-state index in [0.29, 0.717) is 12.8 Å². The fourth-order valence-electron chi connectivity index (χ4n) is 1.73. The largest absolute Gasteiger partial charge is 0.481 e. The molecule has 0 aromatic heterocycles. The SMILES string of the molecule is C#CC1CCC(C)(C(=O)O)CN1C(=O)O. The molecule has 1 aliphatic heterocycles. The van der Waals surface area contributed by atoms with Gasteiger partial charge in [0, 0.05) is 6.54 Å². The molecule has 82 valence electrons. The van der Waals surface area contributed by atoms with Crippen LogP contribution in [0.1, 0.15) is 19.8 Å². The van der Waals surface area contributed by atoms with Crippen LogP contribution in [0.5, 0.6) is 0 Å². The predicted molar refractivity (Wildman–Crippen MR) is 52.3 cm³/mol. The molecule has 0 radical (unpaired) electrons. The minimum Gasteiger partial charge on any atom is -0.481 e. The number of hydrogen-bond acceptors (Lipinski definition) is 2. The molecule has 1 heterocycles. The summed E-state index contributed by atoms with van der Waals surface area (Å²) < 4.78 is 0. The van der Waals surface area contributed by atoms with Crippen LogP contribution in [0.15, 0.2) is 0 Å². The zero-order chi connectivity index (χ0) is 11.6. The number of carbonyl (C=O) groups is 2. The van der Waals surface area contributed by atoms with Crippen molar-refractivity contribution >= 4 is 12.1 Å². The third-order valence-corrected chi connectivity index (χ3v) is 2.82. The Hall–Kier alpha value is -1.70. The Balaban J connectivity index is 2.89. The molecule has 2 atom stereocenters. The van der Waals surface area contributed by atoms with Crippen molar-refractivity contribution in [2.24, 2.45) is 5.41 Å². The lowest BCUT2D eigenvalue weighted by Crippen LogP contribution is -2.52. The van der Waals surface area contributed by atoms with Crippen molar-refractivity contribution in [1.29, 1.82) is 0 Å². The Morgan fingerprint density at radius 1 is 1.53 bits per heavy atom. The van der Waals surface area contributed by atoms with E-state index in [2.05, 4.69) is 5.92 Å². The summed E-state index contributed by atoms with van der Waals surface area (Å²) in [6.07, 6.45) is 4.83. The molecule has 1 aliphatic rings. The number of likely N-dealkylation sites (tertiary alicyclic amines) is 1. The van der Waals surface area contributed by atoms with Crippen molar-refractivity contribution < 1.29 is 19.8 Å². The maximum absolute atomic E-state index is 11.0. The second kappa shape index (κ2) is 3.81. The fourth-order valence-corrected chi connectivity index (χ4v) is 1.73. The first-order chi connectivity index (χ1) is 6.90. The summed E-state index contributed by atoms with van der Waals surface area (Å²) >= 11 is 0. The smallest absolute Gasteiger partial charge is 0.408 e. The first kappa shape index (κ1) is 11.4. The van der Waals surface area contributed by atoms with Gasteiger partial charge >= 0.3 is 12.1 Å². The van der Waals surface area contributed by atoms with Crippen LogP contribution < -0.4 is 0 Å².